The van der Waals surface area contributed by atoms with Crippen molar-refractivity contribution in [2.75, 3.05) is 6.61 Å². The minimum atomic E-state index is -3.58. The second-order valence-electron chi connectivity index (χ2n) is 5.42. The molecule has 1 aromatic heterocycles. The second kappa shape index (κ2) is 5.47. The lowest BCUT2D eigenvalue weighted by atomic mass is 9.78. The van der Waals surface area contributed by atoms with Crippen LogP contribution in [0.4, 0.5) is 0 Å². The van der Waals surface area contributed by atoms with Gasteiger partial charge in [-0.3, -0.25) is 0 Å². The molecule has 1 aliphatic rings. The molecule has 0 atom stereocenters. The minimum absolute atomic E-state index is 0.156. The highest BCUT2D eigenvalue weighted by Crippen LogP contribution is 2.33. The van der Waals surface area contributed by atoms with E-state index in [0.717, 1.165) is 29.2 Å². The van der Waals surface area contributed by atoms with E-state index in [1.54, 1.807) is 6.92 Å². The summed E-state index contributed by atoms with van der Waals surface area (Å²) >= 11 is 1.15. The van der Waals surface area contributed by atoms with Crippen LogP contribution in [0.2, 0.25) is 0 Å². The first kappa shape index (κ1) is 14.9. The minimum Gasteiger partial charge on any atom is -0.394 e. The van der Waals surface area contributed by atoms with E-state index in [1.165, 1.54) is 6.20 Å². The van der Waals surface area contributed by atoms with Gasteiger partial charge in [-0.15, -0.1) is 11.3 Å². The van der Waals surface area contributed by atoms with Gasteiger partial charge in [0.05, 0.1) is 23.4 Å². The monoisotopic (exact) mass is 304 g/mol. The standard InChI is InChI=1S/C12H20N2O3S2/c1-9-3-5-12(8-15,6-4-9)14-19(16,17)11-7-13-10(2)18-11/h7,9,14-15H,3-6,8H2,1-2H3. The number of thiazole rings is 1. The molecular weight excluding hydrogens is 284 g/mol. The summed E-state index contributed by atoms with van der Waals surface area (Å²) in [5.41, 5.74) is -0.705. The first-order valence-electron chi connectivity index (χ1n) is 6.44. The smallest absolute Gasteiger partial charge is 0.252 e. The van der Waals surface area contributed by atoms with Crippen LogP contribution in [-0.2, 0) is 10.0 Å². The third kappa shape index (κ3) is 3.34. The van der Waals surface area contributed by atoms with Crippen LogP contribution in [0.25, 0.3) is 0 Å². The molecule has 1 aromatic rings. The Balaban J connectivity index is 2.18. The van der Waals surface area contributed by atoms with Crippen molar-refractivity contribution >= 4 is 21.4 Å². The summed E-state index contributed by atoms with van der Waals surface area (Å²) in [7, 11) is -3.58. The van der Waals surface area contributed by atoms with Crippen LogP contribution in [0, 0.1) is 12.8 Å². The van der Waals surface area contributed by atoms with Crippen molar-refractivity contribution in [2.45, 2.75) is 49.3 Å². The number of rotatable bonds is 4. The number of hydrogen-bond donors (Lipinski definition) is 2. The van der Waals surface area contributed by atoms with Gasteiger partial charge >= 0.3 is 0 Å². The molecule has 1 aliphatic carbocycles. The predicted octanol–water partition coefficient (Wildman–Crippen LogP) is 1.67. The Bertz CT molecular complexity index is 531. The van der Waals surface area contributed by atoms with Crippen molar-refractivity contribution in [1.82, 2.24) is 9.71 Å². The van der Waals surface area contributed by atoms with Crippen LogP contribution in [0.15, 0.2) is 10.4 Å². The highest BCUT2D eigenvalue weighted by atomic mass is 32.2. The Morgan fingerprint density at radius 3 is 2.63 bits per heavy atom. The second-order valence-corrected chi connectivity index (χ2v) is 8.57. The highest BCUT2D eigenvalue weighted by Gasteiger charge is 2.38. The van der Waals surface area contributed by atoms with Crippen molar-refractivity contribution in [3.63, 3.8) is 0 Å². The fourth-order valence-electron chi connectivity index (χ4n) is 2.41. The largest absolute Gasteiger partial charge is 0.394 e. The maximum absolute atomic E-state index is 12.3. The molecule has 108 valence electrons. The normalized spacial score (nSPS) is 28.5. The van der Waals surface area contributed by atoms with E-state index in [2.05, 4.69) is 16.6 Å². The lowest BCUT2D eigenvalue weighted by Gasteiger charge is -2.38. The molecule has 1 fully saturated rings. The van der Waals surface area contributed by atoms with E-state index in [0.29, 0.717) is 18.8 Å². The van der Waals surface area contributed by atoms with E-state index >= 15 is 0 Å². The average molecular weight is 304 g/mol. The van der Waals surface area contributed by atoms with Crippen molar-refractivity contribution in [3.05, 3.63) is 11.2 Å². The highest BCUT2D eigenvalue weighted by molar-refractivity contribution is 7.91. The molecule has 0 radical (unpaired) electrons. The Morgan fingerprint density at radius 2 is 2.16 bits per heavy atom. The van der Waals surface area contributed by atoms with Gasteiger partial charge in [0.1, 0.15) is 0 Å². The van der Waals surface area contributed by atoms with Gasteiger partial charge in [-0.05, 0) is 38.5 Å². The van der Waals surface area contributed by atoms with Crippen molar-refractivity contribution in [3.8, 4) is 0 Å². The molecular formula is C12H20N2O3S2. The number of aliphatic hydroxyl groups is 1. The van der Waals surface area contributed by atoms with Gasteiger partial charge in [-0.25, -0.2) is 18.1 Å². The molecule has 0 unspecified atom stereocenters. The fourth-order valence-corrected chi connectivity index (χ4v) is 4.97. The van der Waals surface area contributed by atoms with Gasteiger partial charge in [0, 0.05) is 0 Å². The van der Waals surface area contributed by atoms with Gasteiger partial charge in [-0.2, -0.15) is 0 Å². The predicted molar refractivity (Wildman–Crippen MR) is 74.6 cm³/mol. The maximum Gasteiger partial charge on any atom is 0.252 e. The summed E-state index contributed by atoms with van der Waals surface area (Å²) in [5.74, 6) is 0.592. The molecule has 2 N–H and O–H groups in total. The SMILES string of the molecule is Cc1ncc(S(=O)(=O)NC2(CO)CCC(C)CC2)s1. The fraction of sp³-hybridized carbons (Fsp3) is 0.750. The molecule has 0 bridgehead atoms. The van der Waals surface area contributed by atoms with Crippen LogP contribution in [0.3, 0.4) is 0 Å². The molecule has 0 spiro atoms. The van der Waals surface area contributed by atoms with Gasteiger partial charge in [-0.1, -0.05) is 6.92 Å². The summed E-state index contributed by atoms with van der Waals surface area (Å²) in [5, 5.41) is 10.3. The summed E-state index contributed by atoms with van der Waals surface area (Å²) < 4.78 is 27.5. The van der Waals surface area contributed by atoms with Gasteiger partial charge in [0.2, 0.25) is 0 Å². The third-order valence-corrected chi connectivity index (χ3v) is 6.70. The van der Waals surface area contributed by atoms with E-state index in [9.17, 15) is 13.5 Å². The van der Waals surface area contributed by atoms with Crippen molar-refractivity contribution < 1.29 is 13.5 Å². The zero-order valence-corrected chi connectivity index (χ0v) is 12.9. The number of nitrogens with zero attached hydrogens (tertiary/aromatic N) is 1. The molecule has 1 heterocycles. The molecule has 0 saturated heterocycles. The summed E-state index contributed by atoms with van der Waals surface area (Å²) in [4.78, 5) is 3.97. The maximum atomic E-state index is 12.3. The summed E-state index contributed by atoms with van der Waals surface area (Å²) in [6, 6.07) is 0. The quantitative estimate of drug-likeness (QED) is 0.887. The van der Waals surface area contributed by atoms with Gasteiger partial charge < -0.3 is 5.11 Å². The average Bonchev–Trinajstić information content (AvgIpc) is 2.80. The van der Waals surface area contributed by atoms with E-state index in [1.807, 2.05) is 0 Å². The lowest BCUT2D eigenvalue weighted by molar-refractivity contribution is 0.125. The van der Waals surface area contributed by atoms with Crippen LogP contribution in [0.5, 0.6) is 0 Å². The topological polar surface area (TPSA) is 79.3 Å². The van der Waals surface area contributed by atoms with E-state index in [-0.39, 0.29) is 10.8 Å². The summed E-state index contributed by atoms with van der Waals surface area (Å²) in [6.07, 6.45) is 4.61. The number of aromatic nitrogens is 1. The zero-order valence-electron chi connectivity index (χ0n) is 11.2. The third-order valence-electron chi connectivity index (χ3n) is 3.75. The van der Waals surface area contributed by atoms with Crippen LogP contribution < -0.4 is 4.72 Å². The molecule has 0 aliphatic heterocycles. The Hall–Kier alpha value is -0.500. The first-order chi connectivity index (χ1) is 8.87. The molecule has 7 heteroatoms. The Kier molecular flexibility index (Phi) is 4.29. The molecule has 1 saturated carbocycles. The molecule has 19 heavy (non-hydrogen) atoms. The number of aliphatic hydroxyl groups excluding tert-OH is 1. The number of aryl methyl sites for hydroxylation is 1. The van der Waals surface area contributed by atoms with Crippen LogP contribution in [-0.4, -0.2) is 30.7 Å². The molecule has 5 nitrogen and oxygen atoms in total. The van der Waals surface area contributed by atoms with Crippen LogP contribution >= 0.6 is 11.3 Å². The number of hydrogen-bond acceptors (Lipinski definition) is 5. The summed E-state index contributed by atoms with van der Waals surface area (Å²) in [6.45, 7) is 3.77. The van der Waals surface area contributed by atoms with Gasteiger partial charge in [0.15, 0.2) is 4.21 Å². The van der Waals surface area contributed by atoms with E-state index in [4.69, 9.17) is 0 Å². The Morgan fingerprint density at radius 1 is 1.53 bits per heavy atom. The molecule has 0 aromatic carbocycles. The van der Waals surface area contributed by atoms with Crippen LogP contribution in [0.1, 0.15) is 37.6 Å². The molecule has 0 amide bonds. The molecule has 2 rings (SSSR count). The van der Waals surface area contributed by atoms with Crippen molar-refractivity contribution in [2.24, 2.45) is 5.92 Å². The number of nitrogens with one attached hydrogen (secondary N) is 1. The Labute approximate surface area is 118 Å². The van der Waals surface area contributed by atoms with Gasteiger partial charge in [0.25, 0.3) is 10.0 Å². The first-order valence-corrected chi connectivity index (χ1v) is 8.74. The zero-order chi connectivity index (χ0) is 14.1. The lowest BCUT2D eigenvalue weighted by Crippen LogP contribution is -2.53. The van der Waals surface area contributed by atoms with E-state index < -0.39 is 15.6 Å². The van der Waals surface area contributed by atoms with Crippen molar-refractivity contribution in [1.29, 1.82) is 0 Å². The number of sulfonamides is 1.